The first-order valence-electron chi connectivity index (χ1n) is 10.2. The molecule has 0 bridgehead atoms. The van der Waals surface area contributed by atoms with Crippen LogP contribution < -0.4 is 10.1 Å². The highest BCUT2D eigenvalue weighted by Gasteiger charge is 2.24. The summed E-state index contributed by atoms with van der Waals surface area (Å²) in [6.45, 7) is 1.59. The second-order valence-electron chi connectivity index (χ2n) is 7.11. The molecule has 12 heteroatoms. The van der Waals surface area contributed by atoms with Crippen LogP contribution >= 0.6 is 23.2 Å². The van der Waals surface area contributed by atoms with E-state index in [0.717, 1.165) is 11.3 Å². The van der Waals surface area contributed by atoms with Crippen LogP contribution in [-0.2, 0) is 9.53 Å². The van der Waals surface area contributed by atoms with E-state index >= 15 is 0 Å². The van der Waals surface area contributed by atoms with Gasteiger partial charge in [0.05, 0.1) is 36.7 Å². The van der Waals surface area contributed by atoms with Crippen LogP contribution in [0.3, 0.4) is 0 Å². The van der Waals surface area contributed by atoms with Crippen molar-refractivity contribution >= 4 is 46.0 Å². The fourth-order valence-electron chi connectivity index (χ4n) is 3.13. The van der Waals surface area contributed by atoms with Gasteiger partial charge in [-0.3, -0.25) is 4.79 Å². The number of rotatable bonds is 9. The second-order valence-corrected chi connectivity index (χ2v) is 7.96. The molecule has 1 amide bonds. The van der Waals surface area contributed by atoms with E-state index in [2.05, 4.69) is 25.4 Å². The van der Waals surface area contributed by atoms with Gasteiger partial charge in [0.25, 0.3) is 5.91 Å². The van der Waals surface area contributed by atoms with Crippen molar-refractivity contribution in [2.45, 2.75) is 13.0 Å². The molecule has 0 saturated carbocycles. The van der Waals surface area contributed by atoms with Crippen molar-refractivity contribution in [1.82, 2.24) is 24.7 Å². The number of fused-ring (bicyclic) bond motifs is 1. The quantitative estimate of drug-likeness (QED) is 0.334. The number of benzene rings is 1. The number of ether oxygens (including phenoxy) is 2. The van der Waals surface area contributed by atoms with Crippen LogP contribution in [0, 0.1) is 6.92 Å². The molecular weight excluding hydrogens is 483 g/mol. The normalized spacial score (nSPS) is 12.0. The van der Waals surface area contributed by atoms with Crippen molar-refractivity contribution in [3.63, 3.8) is 0 Å². The van der Waals surface area contributed by atoms with E-state index in [1.165, 1.54) is 12.5 Å². The van der Waals surface area contributed by atoms with E-state index in [9.17, 15) is 4.79 Å². The number of hydrogen-bond donors (Lipinski definition) is 2. The van der Waals surface area contributed by atoms with Gasteiger partial charge in [-0.2, -0.15) is 5.10 Å². The minimum absolute atomic E-state index is 0.0392. The van der Waals surface area contributed by atoms with Gasteiger partial charge in [-0.05, 0) is 36.8 Å². The van der Waals surface area contributed by atoms with E-state index in [0.29, 0.717) is 26.9 Å². The van der Waals surface area contributed by atoms with Crippen molar-refractivity contribution in [2.24, 2.45) is 0 Å². The minimum atomic E-state index is -1.10. The molecule has 1 atom stereocenters. The Morgan fingerprint density at radius 2 is 2.03 bits per heavy atom. The van der Waals surface area contributed by atoms with Gasteiger partial charge in [-0.25, -0.2) is 19.6 Å². The van der Waals surface area contributed by atoms with Gasteiger partial charge in [-0.1, -0.05) is 29.3 Å². The highest BCUT2D eigenvalue weighted by Crippen LogP contribution is 2.28. The molecule has 2 N–H and O–H groups in total. The summed E-state index contributed by atoms with van der Waals surface area (Å²) in [6, 6.07) is 8.64. The lowest BCUT2D eigenvalue weighted by molar-refractivity contribution is -0.125. The van der Waals surface area contributed by atoms with Crippen molar-refractivity contribution in [3.8, 4) is 11.6 Å². The highest BCUT2D eigenvalue weighted by atomic mass is 35.5. The molecule has 0 aliphatic carbocycles. The summed E-state index contributed by atoms with van der Waals surface area (Å²) in [7, 11) is 0. The third-order valence-electron chi connectivity index (χ3n) is 4.83. The average molecular weight is 503 g/mol. The van der Waals surface area contributed by atoms with Gasteiger partial charge in [-0.15, -0.1) is 0 Å². The lowest BCUT2D eigenvalue weighted by atomic mass is 10.2. The zero-order chi connectivity index (χ0) is 24.1. The molecule has 0 radical (unpaired) electrons. The lowest BCUT2D eigenvalue weighted by Crippen LogP contribution is -2.37. The van der Waals surface area contributed by atoms with E-state index in [-0.39, 0.29) is 25.7 Å². The van der Waals surface area contributed by atoms with Crippen LogP contribution in [0.1, 0.15) is 5.56 Å². The molecule has 10 nitrogen and oxygen atoms in total. The van der Waals surface area contributed by atoms with Gasteiger partial charge in [0.2, 0.25) is 12.0 Å². The van der Waals surface area contributed by atoms with Gasteiger partial charge in [0, 0.05) is 11.2 Å². The Bertz CT molecular complexity index is 1300. The van der Waals surface area contributed by atoms with Crippen LogP contribution in [0.15, 0.2) is 49.1 Å². The maximum atomic E-state index is 12.9. The molecule has 34 heavy (non-hydrogen) atoms. The molecular formula is C22H20Cl2N6O4. The van der Waals surface area contributed by atoms with Crippen molar-refractivity contribution in [1.29, 1.82) is 0 Å². The number of carbonyl (C=O) groups excluding carboxylic acids is 1. The maximum Gasteiger partial charge on any atom is 0.269 e. The summed E-state index contributed by atoms with van der Waals surface area (Å²) < 4.78 is 12.9. The fourth-order valence-corrected chi connectivity index (χ4v) is 3.41. The highest BCUT2D eigenvalue weighted by molar-refractivity contribution is 6.31. The first kappa shape index (κ1) is 23.8. The molecule has 4 rings (SSSR count). The number of aromatic nitrogens is 5. The standard InChI is InChI=1S/C22H20Cl2N6O4/c1-13-16(24)3-2-4-17(13)30-20-15(10-28-30)22(27-12-26-20)34-18(11-33-8-7-31)21(32)29-19-6-5-14(23)9-25-19/h2-6,9-10,12,18,31H,7-8,11H2,1H3,(H,25,29,32). The molecule has 1 aromatic carbocycles. The molecule has 4 aromatic rings. The van der Waals surface area contributed by atoms with E-state index in [4.69, 9.17) is 37.8 Å². The third-order valence-corrected chi connectivity index (χ3v) is 5.46. The monoisotopic (exact) mass is 502 g/mol. The average Bonchev–Trinajstić information content (AvgIpc) is 3.26. The van der Waals surface area contributed by atoms with Gasteiger partial charge < -0.3 is 19.9 Å². The number of aliphatic hydroxyl groups excluding tert-OH is 1. The van der Waals surface area contributed by atoms with Crippen molar-refractivity contribution in [3.05, 3.63) is 64.7 Å². The Balaban J connectivity index is 1.62. The summed E-state index contributed by atoms with van der Waals surface area (Å²) in [6.07, 6.45) is 3.18. The number of carbonyl (C=O) groups is 1. The molecule has 176 valence electrons. The smallest absolute Gasteiger partial charge is 0.269 e. The maximum absolute atomic E-state index is 12.9. The fraction of sp³-hybridized carbons (Fsp3) is 0.227. The van der Waals surface area contributed by atoms with Gasteiger partial charge >= 0.3 is 0 Å². The van der Waals surface area contributed by atoms with Gasteiger partial charge in [0.15, 0.2) is 5.65 Å². The Hall–Kier alpha value is -3.31. The largest absolute Gasteiger partial charge is 0.461 e. The van der Waals surface area contributed by atoms with Gasteiger partial charge in [0.1, 0.15) is 17.5 Å². The first-order chi connectivity index (χ1) is 16.5. The number of aliphatic hydroxyl groups is 1. The number of pyridine rings is 1. The SMILES string of the molecule is Cc1c(Cl)cccc1-n1ncc2c(OC(COCCO)C(=O)Nc3ccc(Cl)cn3)ncnc21. The molecule has 1 unspecified atom stereocenters. The summed E-state index contributed by atoms with van der Waals surface area (Å²) in [5.74, 6) is -0.0763. The zero-order valence-corrected chi connectivity index (χ0v) is 19.5. The second kappa shape index (κ2) is 10.7. The van der Waals surface area contributed by atoms with Crippen molar-refractivity contribution in [2.75, 3.05) is 25.1 Å². The van der Waals surface area contributed by atoms with Crippen LogP contribution in [-0.4, -0.2) is 61.7 Å². The Kier molecular flexibility index (Phi) is 7.53. The third kappa shape index (κ3) is 5.26. The number of hydrogen-bond acceptors (Lipinski definition) is 8. The Morgan fingerprint density at radius 3 is 2.79 bits per heavy atom. The molecule has 0 aliphatic rings. The van der Waals surface area contributed by atoms with Crippen LogP contribution in [0.25, 0.3) is 16.7 Å². The molecule has 0 spiro atoms. The van der Waals surface area contributed by atoms with Crippen LogP contribution in [0.5, 0.6) is 5.88 Å². The van der Waals surface area contributed by atoms with E-state index in [1.54, 1.807) is 29.1 Å². The van der Waals surface area contributed by atoms with E-state index < -0.39 is 12.0 Å². The Morgan fingerprint density at radius 1 is 1.18 bits per heavy atom. The van der Waals surface area contributed by atoms with Crippen molar-refractivity contribution < 1.29 is 19.4 Å². The number of halogens is 2. The lowest BCUT2D eigenvalue weighted by Gasteiger charge is -2.18. The number of nitrogens with zero attached hydrogens (tertiary/aromatic N) is 5. The molecule has 0 aliphatic heterocycles. The predicted octanol–water partition coefficient (Wildman–Crippen LogP) is 3.22. The number of nitrogens with one attached hydrogen (secondary N) is 1. The number of amides is 1. The first-order valence-corrected chi connectivity index (χ1v) is 11.0. The topological polar surface area (TPSA) is 124 Å². The number of anilines is 1. The van der Waals surface area contributed by atoms with Crippen LogP contribution in [0.2, 0.25) is 10.0 Å². The summed E-state index contributed by atoms with van der Waals surface area (Å²) in [5, 5.41) is 17.6. The summed E-state index contributed by atoms with van der Waals surface area (Å²) in [5.41, 5.74) is 2.06. The van der Waals surface area contributed by atoms with Crippen LogP contribution in [0.4, 0.5) is 5.82 Å². The summed E-state index contributed by atoms with van der Waals surface area (Å²) >= 11 is 12.1. The molecule has 3 aromatic heterocycles. The summed E-state index contributed by atoms with van der Waals surface area (Å²) in [4.78, 5) is 25.5. The molecule has 0 saturated heterocycles. The molecule has 0 fully saturated rings. The minimum Gasteiger partial charge on any atom is -0.461 e. The van der Waals surface area contributed by atoms with E-state index in [1.807, 2.05) is 19.1 Å². The predicted molar refractivity (Wildman–Crippen MR) is 127 cm³/mol. The molecule has 3 heterocycles. The zero-order valence-electron chi connectivity index (χ0n) is 18.0. The Labute approximate surface area is 204 Å².